The standard InChI is InChI=1S/C16H20N4O2S3/c1-9(2)8-23-15-19-20-16(25-15)24-10(3)14(22)18-12-6-4-11(5-7-12)13(17)21/h4-7,9-10H,8H2,1-3H3,(H2,17,21)(H,18,22)/t10-/m0/s1. The molecular formula is C16H20N4O2S3. The highest BCUT2D eigenvalue weighted by Gasteiger charge is 2.17. The molecule has 1 aromatic heterocycles. The van der Waals surface area contributed by atoms with Crippen molar-refractivity contribution in [3.05, 3.63) is 29.8 Å². The fourth-order valence-electron chi connectivity index (χ4n) is 1.71. The molecule has 9 heteroatoms. The van der Waals surface area contributed by atoms with Crippen LogP contribution in [-0.4, -0.2) is 33.0 Å². The number of nitrogens with two attached hydrogens (primary N) is 1. The molecule has 0 unspecified atom stereocenters. The van der Waals surface area contributed by atoms with Crippen molar-refractivity contribution in [1.29, 1.82) is 0 Å². The molecule has 0 fully saturated rings. The van der Waals surface area contributed by atoms with Crippen molar-refractivity contribution in [2.75, 3.05) is 11.1 Å². The predicted molar refractivity (Wildman–Crippen MR) is 104 cm³/mol. The van der Waals surface area contributed by atoms with Gasteiger partial charge < -0.3 is 11.1 Å². The number of aromatic nitrogens is 2. The number of amides is 2. The summed E-state index contributed by atoms with van der Waals surface area (Å²) >= 11 is 4.57. The van der Waals surface area contributed by atoms with E-state index in [1.807, 2.05) is 6.92 Å². The molecular weight excluding hydrogens is 376 g/mol. The van der Waals surface area contributed by atoms with Crippen molar-refractivity contribution in [3.63, 3.8) is 0 Å². The van der Waals surface area contributed by atoms with Crippen LogP contribution in [0.15, 0.2) is 32.9 Å². The van der Waals surface area contributed by atoms with Gasteiger partial charge in [-0.25, -0.2) is 0 Å². The lowest BCUT2D eigenvalue weighted by Gasteiger charge is -2.10. The van der Waals surface area contributed by atoms with E-state index in [4.69, 9.17) is 5.73 Å². The van der Waals surface area contributed by atoms with Crippen LogP contribution < -0.4 is 11.1 Å². The van der Waals surface area contributed by atoms with Gasteiger partial charge >= 0.3 is 0 Å². The number of nitrogens with zero attached hydrogens (tertiary/aromatic N) is 2. The zero-order valence-corrected chi connectivity index (χ0v) is 16.6. The molecule has 0 aliphatic heterocycles. The fourth-order valence-corrected chi connectivity index (χ4v) is 4.85. The van der Waals surface area contributed by atoms with Gasteiger partial charge in [0.1, 0.15) is 0 Å². The molecule has 1 atom stereocenters. The highest BCUT2D eigenvalue weighted by Crippen LogP contribution is 2.32. The molecule has 2 aromatic rings. The van der Waals surface area contributed by atoms with E-state index in [9.17, 15) is 9.59 Å². The van der Waals surface area contributed by atoms with Gasteiger partial charge in [0, 0.05) is 17.0 Å². The molecule has 0 spiro atoms. The van der Waals surface area contributed by atoms with Crippen LogP contribution in [0.5, 0.6) is 0 Å². The second-order valence-electron chi connectivity index (χ2n) is 5.73. The normalized spacial score (nSPS) is 12.2. The number of hydrogen-bond acceptors (Lipinski definition) is 7. The van der Waals surface area contributed by atoms with E-state index in [0.717, 1.165) is 14.4 Å². The van der Waals surface area contributed by atoms with Gasteiger partial charge in [-0.1, -0.05) is 48.7 Å². The zero-order chi connectivity index (χ0) is 18.4. The summed E-state index contributed by atoms with van der Waals surface area (Å²) in [5.41, 5.74) is 6.22. The SMILES string of the molecule is CC(C)CSc1nnc(S[C@@H](C)C(=O)Nc2ccc(C(N)=O)cc2)s1. The highest BCUT2D eigenvalue weighted by molar-refractivity contribution is 8.03. The lowest BCUT2D eigenvalue weighted by molar-refractivity contribution is -0.115. The van der Waals surface area contributed by atoms with Crippen LogP contribution in [0.2, 0.25) is 0 Å². The molecule has 134 valence electrons. The Balaban J connectivity index is 1.88. The van der Waals surface area contributed by atoms with E-state index in [0.29, 0.717) is 17.2 Å². The summed E-state index contributed by atoms with van der Waals surface area (Å²) in [4.78, 5) is 23.3. The third-order valence-corrected chi connectivity index (χ3v) is 6.68. The second kappa shape index (κ2) is 9.21. The van der Waals surface area contributed by atoms with Crippen LogP contribution in [0.1, 0.15) is 31.1 Å². The molecule has 1 aromatic carbocycles. The molecule has 0 bridgehead atoms. The first-order valence-electron chi connectivity index (χ1n) is 7.69. The summed E-state index contributed by atoms with van der Waals surface area (Å²) in [5.74, 6) is 0.958. The molecule has 3 N–H and O–H groups in total. The Morgan fingerprint density at radius 1 is 1.16 bits per heavy atom. The van der Waals surface area contributed by atoms with Crippen molar-refractivity contribution in [2.24, 2.45) is 11.7 Å². The summed E-state index contributed by atoms with van der Waals surface area (Å²) in [5, 5.41) is 10.8. The molecule has 6 nitrogen and oxygen atoms in total. The molecule has 25 heavy (non-hydrogen) atoms. The highest BCUT2D eigenvalue weighted by atomic mass is 32.2. The maximum absolute atomic E-state index is 12.3. The first-order valence-corrected chi connectivity index (χ1v) is 10.4. The van der Waals surface area contributed by atoms with Gasteiger partial charge in [0.15, 0.2) is 8.68 Å². The van der Waals surface area contributed by atoms with Crippen LogP contribution in [0.25, 0.3) is 0 Å². The topological polar surface area (TPSA) is 98.0 Å². The Labute approximate surface area is 159 Å². The molecule has 0 saturated carbocycles. The average Bonchev–Trinajstić information content (AvgIpc) is 3.00. The lowest BCUT2D eigenvalue weighted by atomic mass is 10.2. The van der Waals surface area contributed by atoms with Gasteiger partial charge in [0.05, 0.1) is 5.25 Å². The van der Waals surface area contributed by atoms with Crippen LogP contribution >= 0.6 is 34.9 Å². The summed E-state index contributed by atoms with van der Waals surface area (Å²) in [7, 11) is 0. The molecule has 2 rings (SSSR count). The molecule has 2 amide bonds. The molecule has 0 aliphatic carbocycles. The number of thioether (sulfide) groups is 2. The second-order valence-corrected chi connectivity index (χ2v) is 9.56. The number of rotatable bonds is 8. The van der Waals surface area contributed by atoms with E-state index < -0.39 is 5.91 Å². The monoisotopic (exact) mass is 396 g/mol. The molecule has 0 radical (unpaired) electrons. The third-order valence-electron chi connectivity index (χ3n) is 3.01. The molecule has 0 saturated heterocycles. The number of primary amides is 1. The van der Waals surface area contributed by atoms with Crippen LogP contribution in [0.3, 0.4) is 0 Å². The number of benzene rings is 1. The molecule has 1 heterocycles. The van der Waals surface area contributed by atoms with Gasteiger partial charge in [-0.2, -0.15) is 0 Å². The Morgan fingerprint density at radius 3 is 2.40 bits per heavy atom. The van der Waals surface area contributed by atoms with E-state index in [-0.39, 0.29) is 11.2 Å². The third kappa shape index (κ3) is 6.33. The summed E-state index contributed by atoms with van der Waals surface area (Å²) in [6, 6.07) is 6.47. The van der Waals surface area contributed by atoms with Crippen molar-refractivity contribution in [2.45, 2.75) is 34.7 Å². The van der Waals surface area contributed by atoms with E-state index in [1.54, 1.807) is 36.0 Å². The number of nitrogens with one attached hydrogen (secondary N) is 1. The fraction of sp³-hybridized carbons (Fsp3) is 0.375. The van der Waals surface area contributed by atoms with E-state index in [2.05, 4.69) is 29.4 Å². The van der Waals surface area contributed by atoms with Gasteiger partial charge in [-0.15, -0.1) is 10.2 Å². The number of carbonyl (C=O) groups excluding carboxylic acids is 2. The first-order chi connectivity index (χ1) is 11.8. The van der Waals surface area contributed by atoms with Crippen molar-refractivity contribution in [1.82, 2.24) is 10.2 Å². The first kappa shape index (κ1) is 19.7. The Bertz CT molecular complexity index is 731. The Hall–Kier alpha value is -1.58. The summed E-state index contributed by atoms with van der Waals surface area (Å²) in [6.07, 6.45) is 0. The Kier molecular flexibility index (Phi) is 7.27. The van der Waals surface area contributed by atoms with Crippen molar-refractivity contribution in [3.8, 4) is 0 Å². The predicted octanol–water partition coefficient (Wildman–Crippen LogP) is 3.50. The van der Waals surface area contributed by atoms with Crippen molar-refractivity contribution >= 4 is 52.4 Å². The quantitative estimate of drug-likeness (QED) is 0.663. The van der Waals surface area contributed by atoms with Crippen LogP contribution in [0.4, 0.5) is 5.69 Å². The van der Waals surface area contributed by atoms with Gasteiger partial charge in [-0.05, 0) is 37.1 Å². The zero-order valence-electron chi connectivity index (χ0n) is 14.2. The molecule has 0 aliphatic rings. The maximum atomic E-state index is 12.3. The number of anilines is 1. The van der Waals surface area contributed by atoms with Crippen LogP contribution in [0, 0.1) is 5.92 Å². The van der Waals surface area contributed by atoms with Gasteiger partial charge in [0.2, 0.25) is 11.8 Å². The van der Waals surface area contributed by atoms with Crippen LogP contribution in [-0.2, 0) is 4.79 Å². The van der Waals surface area contributed by atoms with Gasteiger partial charge in [-0.3, -0.25) is 9.59 Å². The maximum Gasteiger partial charge on any atom is 0.248 e. The minimum Gasteiger partial charge on any atom is -0.366 e. The number of hydrogen-bond donors (Lipinski definition) is 2. The summed E-state index contributed by atoms with van der Waals surface area (Å²) < 4.78 is 1.70. The summed E-state index contributed by atoms with van der Waals surface area (Å²) in [6.45, 7) is 6.14. The van der Waals surface area contributed by atoms with E-state index in [1.165, 1.54) is 23.1 Å². The van der Waals surface area contributed by atoms with Gasteiger partial charge in [0.25, 0.3) is 0 Å². The largest absolute Gasteiger partial charge is 0.366 e. The van der Waals surface area contributed by atoms with E-state index >= 15 is 0 Å². The number of carbonyl (C=O) groups is 2. The minimum absolute atomic E-state index is 0.136. The average molecular weight is 397 g/mol. The smallest absolute Gasteiger partial charge is 0.248 e. The van der Waals surface area contributed by atoms with Crippen molar-refractivity contribution < 1.29 is 9.59 Å². The Morgan fingerprint density at radius 2 is 1.80 bits per heavy atom. The minimum atomic E-state index is -0.496. The lowest BCUT2D eigenvalue weighted by Crippen LogP contribution is -2.22.